The zero-order chi connectivity index (χ0) is 25.7. The first-order valence-corrected chi connectivity index (χ1v) is 12.7. The Morgan fingerprint density at radius 3 is 1.84 bits per heavy atom. The predicted octanol–water partition coefficient (Wildman–Crippen LogP) is 7.30. The van der Waals surface area contributed by atoms with Crippen LogP contribution in [0.25, 0.3) is 27.8 Å². The molecular weight excluding hydrogens is 468 g/mol. The highest BCUT2D eigenvalue weighted by molar-refractivity contribution is 6.02. The quantitative estimate of drug-likeness (QED) is 0.222. The Hall–Kier alpha value is -4.90. The SMILES string of the molecule is COc1ccc(-n2cc(-c3ccccc3)c3c(N(Cc4ccccc4)Cc4ccccc4)ncnc32)cc1. The predicted molar refractivity (Wildman–Crippen MR) is 154 cm³/mol. The molecule has 0 fully saturated rings. The average molecular weight is 497 g/mol. The summed E-state index contributed by atoms with van der Waals surface area (Å²) < 4.78 is 7.53. The summed E-state index contributed by atoms with van der Waals surface area (Å²) >= 11 is 0. The van der Waals surface area contributed by atoms with Crippen LogP contribution in [0.5, 0.6) is 5.75 Å². The first-order valence-electron chi connectivity index (χ1n) is 12.7. The molecule has 5 heteroatoms. The van der Waals surface area contributed by atoms with Crippen molar-refractivity contribution in [2.45, 2.75) is 13.1 Å². The maximum atomic E-state index is 5.39. The van der Waals surface area contributed by atoms with E-state index < -0.39 is 0 Å². The van der Waals surface area contributed by atoms with Gasteiger partial charge in [-0.1, -0.05) is 91.0 Å². The molecular formula is C33H28N4O. The molecule has 0 atom stereocenters. The van der Waals surface area contributed by atoms with Crippen LogP contribution in [0.15, 0.2) is 128 Å². The first-order chi connectivity index (χ1) is 18.8. The maximum Gasteiger partial charge on any atom is 0.150 e. The molecule has 186 valence electrons. The van der Waals surface area contributed by atoms with Gasteiger partial charge in [-0.15, -0.1) is 0 Å². The summed E-state index contributed by atoms with van der Waals surface area (Å²) in [6, 6.07) is 39.6. The van der Waals surface area contributed by atoms with Crippen LogP contribution in [-0.4, -0.2) is 21.6 Å². The van der Waals surface area contributed by atoms with Crippen LogP contribution < -0.4 is 9.64 Å². The van der Waals surface area contributed by atoms with Crippen molar-refractivity contribution in [3.05, 3.63) is 139 Å². The van der Waals surface area contributed by atoms with Crippen molar-refractivity contribution < 1.29 is 4.74 Å². The van der Waals surface area contributed by atoms with Crippen LogP contribution in [0.2, 0.25) is 0 Å². The van der Waals surface area contributed by atoms with Crippen molar-refractivity contribution in [3.63, 3.8) is 0 Å². The fourth-order valence-electron chi connectivity index (χ4n) is 4.87. The van der Waals surface area contributed by atoms with Gasteiger partial charge in [0.1, 0.15) is 17.9 Å². The molecule has 0 saturated heterocycles. The Labute approximate surface area is 222 Å². The van der Waals surface area contributed by atoms with Crippen molar-refractivity contribution in [2.24, 2.45) is 0 Å². The van der Waals surface area contributed by atoms with Gasteiger partial charge in [-0.05, 0) is 41.0 Å². The van der Waals surface area contributed by atoms with E-state index in [1.807, 2.05) is 18.2 Å². The molecule has 0 spiro atoms. The molecule has 38 heavy (non-hydrogen) atoms. The lowest BCUT2D eigenvalue weighted by Gasteiger charge is -2.25. The Morgan fingerprint density at radius 1 is 0.684 bits per heavy atom. The molecule has 0 bridgehead atoms. The highest BCUT2D eigenvalue weighted by Gasteiger charge is 2.21. The number of hydrogen-bond acceptors (Lipinski definition) is 4. The van der Waals surface area contributed by atoms with E-state index in [-0.39, 0.29) is 0 Å². The number of ether oxygens (including phenoxy) is 1. The molecule has 2 heterocycles. The number of hydrogen-bond donors (Lipinski definition) is 0. The van der Waals surface area contributed by atoms with Crippen molar-refractivity contribution in [1.29, 1.82) is 0 Å². The molecule has 2 aromatic heterocycles. The van der Waals surface area contributed by atoms with Crippen molar-refractivity contribution in [1.82, 2.24) is 14.5 Å². The fourth-order valence-corrected chi connectivity index (χ4v) is 4.87. The number of rotatable bonds is 8. The molecule has 0 radical (unpaired) electrons. The van der Waals surface area contributed by atoms with Crippen LogP contribution >= 0.6 is 0 Å². The molecule has 0 unspecified atom stereocenters. The molecule has 0 aliphatic carbocycles. The molecule has 5 nitrogen and oxygen atoms in total. The number of methoxy groups -OCH3 is 1. The highest BCUT2D eigenvalue weighted by Crippen LogP contribution is 2.37. The molecule has 0 N–H and O–H groups in total. The molecule has 0 amide bonds. The number of aromatic nitrogens is 3. The second-order valence-corrected chi connectivity index (χ2v) is 9.20. The van der Waals surface area contributed by atoms with Crippen molar-refractivity contribution >= 4 is 16.9 Å². The molecule has 0 saturated carbocycles. The third-order valence-corrected chi connectivity index (χ3v) is 6.73. The van der Waals surface area contributed by atoms with Gasteiger partial charge in [0.2, 0.25) is 0 Å². The van der Waals surface area contributed by atoms with Gasteiger partial charge in [-0.25, -0.2) is 9.97 Å². The zero-order valence-corrected chi connectivity index (χ0v) is 21.2. The van der Waals surface area contributed by atoms with Gasteiger partial charge in [0.25, 0.3) is 0 Å². The van der Waals surface area contributed by atoms with Gasteiger partial charge >= 0.3 is 0 Å². The topological polar surface area (TPSA) is 43.2 Å². The fraction of sp³-hybridized carbons (Fsp3) is 0.0909. The average Bonchev–Trinajstić information content (AvgIpc) is 3.38. The van der Waals surface area contributed by atoms with Crippen LogP contribution in [0.4, 0.5) is 5.82 Å². The minimum atomic E-state index is 0.726. The van der Waals surface area contributed by atoms with Crippen molar-refractivity contribution in [2.75, 3.05) is 12.0 Å². The summed E-state index contributed by atoms with van der Waals surface area (Å²) in [7, 11) is 1.68. The van der Waals surface area contributed by atoms with E-state index in [4.69, 9.17) is 14.7 Å². The maximum absolute atomic E-state index is 5.39. The molecule has 4 aromatic carbocycles. The van der Waals surface area contributed by atoms with Gasteiger partial charge in [-0.3, -0.25) is 0 Å². The monoisotopic (exact) mass is 496 g/mol. The van der Waals surface area contributed by atoms with Crippen LogP contribution in [0.1, 0.15) is 11.1 Å². The molecule has 0 aliphatic heterocycles. The third kappa shape index (κ3) is 4.74. The summed E-state index contributed by atoms with van der Waals surface area (Å²) in [5, 5.41) is 1.03. The molecule has 6 aromatic rings. The van der Waals surface area contributed by atoms with E-state index >= 15 is 0 Å². The van der Waals surface area contributed by atoms with Gasteiger partial charge in [-0.2, -0.15) is 0 Å². The number of fused-ring (bicyclic) bond motifs is 1. The van der Waals surface area contributed by atoms with Gasteiger partial charge in [0.05, 0.1) is 12.5 Å². The summed E-state index contributed by atoms with van der Waals surface area (Å²) in [6.07, 6.45) is 3.85. The minimum Gasteiger partial charge on any atom is -0.497 e. The largest absolute Gasteiger partial charge is 0.497 e. The third-order valence-electron chi connectivity index (χ3n) is 6.73. The van der Waals surface area contributed by atoms with E-state index in [0.717, 1.165) is 52.5 Å². The molecule has 6 rings (SSSR count). The lowest BCUT2D eigenvalue weighted by Crippen LogP contribution is -2.23. The van der Waals surface area contributed by atoms with E-state index in [0.29, 0.717) is 0 Å². The Balaban J connectivity index is 1.56. The van der Waals surface area contributed by atoms with E-state index in [2.05, 4.69) is 113 Å². The second-order valence-electron chi connectivity index (χ2n) is 9.20. The van der Waals surface area contributed by atoms with Crippen LogP contribution in [0.3, 0.4) is 0 Å². The minimum absolute atomic E-state index is 0.726. The summed E-state index contributed by atoms with van der Waals surface area (Å²) in [4.78, 5) is 12.0. The van der Waals surface area contributed by atoms with Gasteiger partial charge in [0, 0.05) is 30.5 Å². The normalized spacial score (nSPS) is 11.0. The van der Waals surface area contributed by atoms with Crippen LogP contribution in [0, 0.1) is 0 Å². The highest BCUT2D eigenvalue weighted by atomic mass is 16.5. The van der Waals surface area contributed by atoms with Crippen molar-refractivity contribution in [3.8, 4) is 22.6 Å². The Bertz CT molecular complexity index is 1590. The second kappa shape index (κ2) is 10.6. The van der Waals surface area contributed by atoms with Crippen LogP contribution in [-0.2, 0) is 13.1 Å². The number of nitrogens with zero attached hydrogens (tertiary/aromatic N) is 4. The smallest absolute Gasteiger partial charge is 0.150 e. The summed E-state index contributed by atoms with van der Waals surface area (Å²) in [5.74, 6) is 1.73. The first kappa shape index (κ1) is 23.5. The number of benzene rings is 4. The summed E-state index contributed by atoms with van der Waals surface area (Å²) in [5.41, 5.74) is 6.56. The lowest BCUT2D eigenvalue weighted by atomic mass is 10.1. The summed E-state index contributed by atoms with van der Waals surface area (Å²) in [6.45, 7) is 1.45. The Morgan fingerprint density at radius 2 is 1.26 bits per heavy atom. The Kier molecular flexibility index (Phi) is 6.56. The van der Waals surface area contributed by atoms with Gasteiger partial charge in [0.15, 0.2) is 5.65 Å². The molecule has 0 aliphatic rings. The van der Waals surface area contributed by atoms with E-state index in [1.54, 1.807) is 13.4 Å². The van der Waals surface area contributed by atoms with Gasteiger partial charge < -0.3 is 14.2 Å². The lowest BCUT2D eigenvalue weighted by molar-refractivity contribution is 0.415. The standard InChI is InChI=1S/C33H28N4O/c1-38-29-19-17-28(18-20-29)37-23-30(27-15-9-4-10-16-27)31-32(34-24-35-33(31)37)36(21-25-11-5-2-6-12-25)22-26-13-7-3-8-14-26/h2-20,23-24H,21-22H2,1H3. The zero-order valence-electron chi connectivity index (χ0n) is 21.2. The van der Waals surface area contributed by atoms with E-state index in [1.165, 1.54) is 11.1 Å². The number of anilines is 1. The van der Waals surface area contributed by atoms with E-state index in [9.17, 15) is 0 Å².